The SMILES string of the molecule is CNC1CCC([S+]([O-])N(C)C=O)C(C)C1(C)[S+]([O-])C(F)(F)F. The number of alkyl halides is 3. The van der Waals surface area contributed by atoms with E-state index >= 15 is 0 Å². The zero-order valence-corrected chi connectivity index (χ0v) is 14.5. The molecule has 1 fully saturated rings. The topological polar surface area (TPSA) is 78.5 Å². The fourth-order valence-electron chi connectivity index (χ4n) is 3.06. The Morgan fingerprint density at radius 1 is 1.36 bits per heavy atom. The summed E-state index contributed by atoms with van der Waals surface area (Å²) in [5.41, 5.74) is -4.85. The van der Waals surface area contributed by atoms with Gasteiger partial charge in [0.2, 0.25) is 0 Å². The van der Waals surface area contributed by atoms with Gasteiger partial charge in [-0.1, -0.05) is 6.92 Å². The van der Waals surface area contributed by atoms with Crippen LogP contribution in [0.5, 0.6) is 0 Å². The monoisotopic (exact) mass is 362 g/mol. The number of amides is 1. The summed E-state index contributed by atoms with van der Waals surface area (Å²) in [5.74, 6) is -0.746. The summed E-state index contributed by atoms with van der Waals surface area (Å²) in [6.07, 6.45) is 1.08. The van der Waals surface area contributed by atoms with Crippen LogP contribution in [0, 0.1) is 5.92 Å². The molecule has 0 aliphatic heterocycles. The van der Waals surface area contributed by atoms with Crippen molar-refractivity contribution in [2.45, 2.75) is 48.2 Å². The average Bonchev–Trinajstić information content (AvgIpc) is 2.46. The molecule has 0 bridgehead atoms. The molecular weight excluding hydrogens is 341 g/mol. The van der Waals surface area contributed by atoms with Crippen LogP contribution in [0.2, 0.25) is 0 Å². The van der Waals surface area contributed by atoms with E-state index in [0.29, 0.717) is 19.3 Å². The van der Waals surface area contributed by atoms with Gasteiger partial charge in [-0.3, -0.25) is 4.79 Å². The average molecular weight is 362 g/mol. The number of hydrogen-bond acceptors (Lipinski definition) is 4. The molecule has 1 rings (SSSR count). The fraction of sp³-hybridized carbons (Fsp3) is 0.917. The zero-order chi connectivity index (χ0) is 17.3. The van der Waals surface area contributed by atoms with Crippen molar-refractivity contribution in [2.75, 3.05) is 14.1 Å². The van der Waals surface area contributed by atoms with Gasteiger partial charge in [-0.15, -0.1) is 13.2 Å². The molecule has 0 aromatic carbocycles. The molecule has 0 aromatic heterocycles. The molecule has 0 heterocycles. The van der Waals surface area contributed by atoms with Crippen LogP contribution in [0.4, 0.5) is 13.2 Å². The van der Waals surface area contributed by atoms with Crippen LogP contribution in [0.3, 0.4) is 0 Å². The van der Waals surface area contributed by atoms with E-state index in [1.165, 1.54) is 27.9 Å². The second kappa shape index (κ2) is 7.16. The van der Waals surface area contributed by atoms with E-state index in [1.54, 1.807) is 0 Å². The number of hydrogen-bond donors (Lipinski definition) is 1. The molecule has 1 N–H and O–H groups in total. The molecule has 1 aliphatic rings. The van der Waals surface area contributed by atoms with Gasteiger partial charge in [0, 0.05) is 0 Å². The lowest BCUT2D eigenvalue weighted by Gasteiger charge is -2.48. The first-order valence-corrected chi connectivity index (χ1v) is 9.08. The summed E-state index contributed by atoms with van der Waals surface area (Å²) < 4.78 is 62.9. The Morgan fingerprint density at radius 3 is 2.32 bits per heavy atom. The van der Waals surface area contributed by atoms with Gasteiger partial charge in [-0.25, -0.2) is 0 Å². The standard InChI is InChI=1S/C12H21F3N2O3S2/c1-8-9(21(19)17(4)7-18)5-6-10(16-3)11(8,2)22(20)12(13,14)15/h7-10,16H,5-6H2,1-4H3. The van der Waals surface area contributed by atoms with Crippen LogP contribution in [0.1, 0.15) is 26.7 Å². The van der Waals surface area contributed by atoms with Crippen LogP contribution in [0.15, 0.2) is 0 Å². The molecule has 1 aliphatic carbocycles. The number of nitrogens with zero attached hydrogens (tertiary/aromatic N) is 1. The maximum Gasteiger partial charge on any atom is 0.573 e. The summed E-state index contributed by atoms with van der Waals surface area (Å²) in [5, 5.41) is 2.15. The molecule has 0 radical (unpaired) electrons. The number of carbonyl (C=O) groups excluding carboxylic acids is 1. The Hall–Kier alpha value is -0.160. The van der Waals surface area contributed by atoms with Gasteiger partial charge in [0.1, 0.15) is 5.25 Å². The molecule has 5 nitrogen and oxygen atoms in total. The number of halogens is 3. The van der Waals surface area contributed by atoms with E-state index in [2.05, 4.69) is 5.32 Å². The van der Waals surface area contributed by atoms with Gasteiger partial charge in [0.05, 0.1) is 41.5 Å². The third-order valence-electron chi connectivity index (χ3n) is 4.54. The predicted octanol–water partition coefficient (Wildman–Crippen LogP) is 1.15. The quantitative estimate of drug-likeness (QED) is 0.588. The largest absolute Gasteiger partial charge is 0.609 e. The Morgan fingerprint density at radius 2 is 1.91 bits per heavy atom. The number of carbonyl (C=O) groups is 1. The Kier molecular flexibility index (Phi) is 6.48. The van der Waals surface area contributed by atoms with E-state index < -0.39 is 50.0 Å². The highest BCUT2D eigenvalue weighted by molar-refractivity contribution is 7.94. The zero-order valence-electron chi connectivity index (χ0n) is 12.8. The molecule has 0 spiro atoms. The molecule has 1 amide bonds. The number of rotatable bonds is 5. The Bertz CT molecular complexity index is 402. The molecule has 10 heteroatoms. The van der Waals surface area contributed by atoms with E-state index in [0.717, 1.165) is 4.31 Å². The molecule has 130 valence electrons. The van der Waals surface area contributed by atoms with E-state index in [4.69, 9.17) is 0 Å². The van der Waals surface area contributed by atoms with Crippen LogP contribution in [-0.4, -0.2) is 55.5 Å². The first kappa shape index (κ1) is 19.9. The van der Waals surface area contributed by atoms with Gasteiger partial charge in [0.15, 0.2) is 4.75 Å². The number of nitrogens with one attached hydrogen (secondary N) is 1. The maximum absolute atomic E-state index is 13.0. The summed E-state index contributed by atoms with van der Waals surface area (Å²) in [6.45, 7) is 2.83. The normalized spacial score (nSPS) is 35.8. The highest BCUT2D eigenvalue weighted by Crippen LogP contribution is 2.47. The van der Waals surface area contributed by atoms with Crippen molar-refractivity contribution < 1.29 is 27.1 Å². The van der Waals surface area contributed by atoms with Crippen LogP contribution < -0.4 is 5.32 Å². The van der Waals surface area contributed by atoms with Gasteiger partial charge >= 0.3 is 5.51 Å². The highest BCUT2D eigenvalue weighted by Gasteiger charge is 2.65. The second-order valence-corrected chi connectivity index (χ2v) is 9.19. The lowest BCUT2D eigenvalue weighted by Crippen LogP contribution is -2.66. The second-order valence-electron chi connectivity index (χ2n) is 5.57. The third-order valence-corrected chi connectivity index (χ3v) is 8.23. The first-order valence-electron chi connectivity index (χ1n) is 6.76. The molecule has 6 atom stereocenters. The minimum Gasteiger partial charge on any atom is -0.609 e. The summed E-state index contributed by atoms with van der Waals surface area (Å²) in [6, 6.07) is -0.611. The Labute approximate surface area is 134 Å². The van der Waals surface area contributed by atoms with Crippen molar-refractivity contribution in [3.05, 3.63) is 0 Å². The fourth-order valence-corrected chi connectivity index (χ4v) is 6.13. The molecule has 1 saturated carbocycles. The van der Waals surface area contributed by atoms with Gasteiger partial charge < -0.3 is 14.4 Å². The lowest BCUT2D eigenvalue weighted by atomic mass is 9.76. The lowest BCUT2D eigenvalue weighted by molar-refractivity contribution is -0.113. The summed E-state index contributed by atoms with van der Waals surface area (Å²) >= 11 is -4.86. The van der Waals surface area contributed by atoms with Gasteiger partial charge in [-0.05, 0) is 26.8 Å². The third kappa shape index (κ3) is 3.50. The molecule has 0 saturated heterocycles. The maximum atomic E-state index is 13.0. The minimum atomic E-state index is -4.85. The summed E-state index contributed by atoms with van der Waals surface area (Å²) in [4.78, 5) is 10.8. The van der Waals surface area contributed by atoms with Crippen LogP contribution in [0.25, 0.3) is 0 Å². The van der Waals surface area contributed by atoms with Crippen LogP contribution >= 0.6 is 0 Å². The summed E-state index contributed by atoms with van der Waals surface area (Å²) in [7, 11) is 2.84. The van der Waals surface area contributed by atoms with Crippen molar-refractivity contribution in [3.8, 4) is 0 Å². The van der Waals surface area contributed by atoms with Crippen molar-refractivity contribution >= 4 is 28.9 Å². The molecule has 22 heavy (non-hydrogen) atoms. The smallest absolute Gasteiger partial charge is 0.573 e. The molecule has 6 unspecified atom stereocenters. The van der Waals surface area contributed by atoms with E-state index in [1.807, 2.05) is 0 Å². The first-order chi connectivity index (χ1) is 10.0. The molecular formula is C12H21F3N2O3S2. The minimum absolute atomic E-state index is 0.308. The van der Waals surface area contributed by atoms with Crippen molar-refractivity contribution in [3.63, 3.8) is 0 Å². The van der Waals surface area contributed by atoms with Crippen LogP contribution in [-0.2, 0) is 27.3 Å². The predicted molar refractivity (Wildman–Crippen MR) is 79.6 cm³/mol. The van der Waals surface area contributed by atoms with Crippen molar-refractivity contribution in [2.24, 2.45) is 5.92 Å². The Balaban J connectivity index is 3.17. The van der Waals surface area contributed by atoms with Gasteiger partial charge in [0.25, 0.3) is 6.41 Å². The van der Waals surface area contributed by atoms with Gasteiger partial charge in [-0.2, -0.15) is 4.31 Å². The van der Waals surface area contributed by atoms with Crippen molar-refractivity contribution in [1.82, 2.24) is 9.62 Å². The van der Waals surface area contributed by atoms with Crippen molar-refractivity contribution in [1.29, 1.82) is 0 Å². The highest BCUT2D eigenvalue weighted by atomic mass is 32.2. The van der Waals surface area contributed by atoms with E-state index in [-0.39, 0.29) is 0 Å². The van der Waals surface area contributed by atoms with E-state index in [9.17, 15) is 27.1 Å². The molecule has 0 aromatic rings.